The molecular formula is C16H21N3O4. The highest BCUT2D eigenvalue weighted by Crippen LogP contribution is 2.33. The molecule has 0 radical (unpaired) electrons. The summed E-state index contributed by atoms with van der Waals surface area (Å²) in [5.41, 5.74) is 6.04. The summed E-state index contributed by atoms with van der Waals surface area (Å²) in [6.45, 7) is 4.48. The van der Waals surface area contributed by atoms with Gasteiger partial charge in [-0.15, -0.1) is 0 Å². The lowest BCUT2D eigenvalue weighted by Crippen LogP contribution is -2.53. The second-order valence-electron chi connectivity index (χ2n) is 5.90. The topological polar surface area (TPSA) is 85.1 Å². The summed E-state index contributed by atoms with van der Waals surface area (Å²) in [5.74, 6) is -0.135. The summed E-state index contributed by atoms with van der Waals surface area (Å²) >= 11 is 0. The lowest BCUT2D eigenvalue weighted by Gasteiger charge is -2.36. The molecule has 2 N–H and O–H groups in total. The summed E-state index contributed by atoms with van der Waals surface area (Å²) in [6, 6.07) is 7.19. The zero-order valence-electron chi connectivity index (χ0n) is 13.1. The van der Waals surface area contributed by atoms with Gasteiger partial charge >= 0.3 is 0 Å². The molecule has 2 amide bonds. The molecule has 2 aliphatic rings. The maximum Gasteiger partial charge on any atom is 0.260 e. The number of morpholine rings is 1. The Morgan fingerprint density at radius 3 is 2.83 bits per heavy atom. The molecule has 2 heterocycles. The monoisotopic (exact) mass is 319 g/mol. The van der Waals surface area contributed by atoms with Crippen LogP contribution in [0.3, 0.4) is 0 Å². The van der Waals surface area contributed by atoms with Gasteiger partial charge < -0.3 is 20.1 Å². The van der Waals surface area contributed by atoms with Crippen molar-refractivity contribution in [3.8, 4) is 5.75 Å². The van der Waals surface area contributed by atoms with E-state index in [2.05, 4.69) is 4.90 Å². The first kappa shape index (κ1) is 15.8. The Labute approximate surface area is 134 Å². The smallest absolute Gasteiger partial charge is 0.260 e. The lowest BCUT2D eigenvalue weighted by molar-refractivity contribution is -0.126. The Bertz CT molecular complexity index is 607. The summed E-state index contributed by atoms with van der Waals surface area (Å²) in [4.78, 5) is 27.9. The van der Waals surface area contributed by atoms with Gasteiger partial charge in [-0.25, -0.2) is 0 Å². The third kappa shape index (κ3) is 3.46. The molecule has 7 heteroatoms. The van der Waals surface area contributed by atoms with Crippen molar-refractivity contribution in [2.45, 2.75) is 19.1 Å². The number of nitrogens with zero attached hydrogens (tertiary/aromatic N) is 2. The largest absolute Gasteiger partial charge is 0.477 e. The number of hydrogen-bond acceptors (Lipinski definition) is 5. The molecule has 124 valence electrons. The van der Waals surface area contributed by atoms with Crippen molar-refractivity contribution in [1.29, 1.82) is 0 Å². The molecule has 3 rings (SSSR count). The van der Waals surface area contributed by atoms with E-state index in [-0.39, 0.29) is 25.1 Å². The van der Waals surface area contributed by atoms with Gasteiger partial charge in [0.25, 0.3) is 5.91 Å². The van der Waals surface area contributed by atoms with E-state index in [0.717, 1.165) is 13.1 Å². The predicted molar refractivity (Wildman–Crippen MR) is 84.3 cm³/mol. The number of fused-ring (bicyclic) bond motifs is 1. The molecule has 23 heavy (non-hydrogen) atoms. The van der Waals surface area contributed by atoms with Gasteiger partial charge in [0.15, 0.2) is 6.10 Å². The number of anilines is 1. The number of para-hydroxylation sites is 2. The molecule has 2 aliphatic heterocycles. The van der Waals surface area contributed by atoms with Crippen molar-refractivity contribution < 1.29 is 19.1 Å². The van der Waals surface area contributed by atoms with Crippen LogP contribution in [0.25, 0.3) is 0 Å². The number of hydrogen-bond donors (Lipinski definition) is 1. The van der Waals surface area contributed by atoms with E-state index in [1.54, 1.807) is 17.0 Å². The molecular weight excluding hydrogens is 298 g/mol. The minimum atomic E-state index is -0.822. The molecule has 0 spiro atoms. The van der Waals surface area contributed by atoms with Gasteiger partial charge in [0.1, 0.15) is 5.75 Å². The molecule has 1 saturated heterocycles. The molecule has 2 atom stereocenters. The average molecular weight is 319 g/mol. The molecule has 7 nitrogen and oxygen atoms in total. The zero-order chi connectivity index (χ0) is 16.4. The Kier molecular flexibility index (Phi) is 4.49. The summed E-state index contributed by atoms with van der Waals surface area (Å²) in [5, 5.41) is 0. The van der Waals surface area contributed by atoms with Crippen molar-refractivity contribution in [2.75, 3.05) is 37.7 Å². The summed E-state index contributed by atoms with van der Waals surface area (Å²) in [7, 11) is 0. The second-order valence-corrected chi connectivity index (χ2v) is 5.90. The standard InChI is InChI=1S/C16H21N3O4/c1-11-8-18(6-7-22-11)10-15(20)19-9-14(16(17)21)23-13-5-3-2-4-12(13)19/h2-5,11,14H,6-10H2,1H3,(H2,17,21). The van der Waals surface area contributed by atoms with Crippen LogP contribution in [0.4, 0.5) is 5.69 Å². The first-order valence-electron chi connectivity index (χ1n) is 7.74. The molecule has 0 bridgehead atoms. The van der Waals surface area contributed by atoms with Crippen LogP contribution in [0.2, 0.25) is 0 Å². The predicted octanol–water partition coefficient (Wildman–Crippen LogP) is -0.0134. The quantitative estimate of drug-likeness (QED) is 0.847. The van der Waals surface area contributed by atoms with E-state index < -0.39 is 12.0 Å². The molecule has 0 aliphatic carbocycles. The molecule has 1 fully saturated rings. The number of rotatable bonds is 3. The first-order valence-corrected chi connectivity index (χ1v) is 7.74. The van der Waals surface area contributed by atoms with E-state index >= 15 is 0 Å². The Morgan fingerprint density at radius 1 is 1.30 bits per heavy atom. The highest BCUT2D eigenvalue weighted by atomic mass is 16.5. The van der Waals surface area contributed by atoms with Crippen LogP contribution in [0.5, 0.6) is 5.75 Å². The SMILES string of the molecule is CC1CN(CC(=O)N2CC(C(N)=O)Oc3ccccc32)CCO1. The van der Waals surface area contributed by atoms with Crippen molar-refractivity contribution >= 4 is 17.5 Å². The fraction of sp³-hybridized carbons (Fsp3) is 0.500. The van der Waals surface area contributed by atoms with Gasteiger partial charge in [0, 0.05) is 13.1 Å². The van der Waals surface area contributed by atoms with Crippen LogP contribution in [-0.2, 0) is 14.3 Å². The second kappa shape index (κ2) is 6.55. The van der Waals surface area contributed by atoms with Gasteiger partial charge in [-0.1, -0.05) is 12.1 Å². The van der Waals surface area contributed by atoms with E-state index in [4.69, 9.17) is 15.2 Å². The summed E-state index contributed by atoms with van der Waals surface area (Å²) in [6.07, 6.45) is -0.704. The van der Waals surface area contributed by atoms with E-state index in [0.29, 0.717) is 18.0 Å². The van der Waals surface area contributed by atoms with Crippen molar-refractivity contribution in [3.63, 3.8) is 0 Å². The maximum atomic E-state index is 12.7. The third-order valence-corrected chi connectivity index (χ3v) is 4.08. The minimum absolute atomic E-state index is 0.0684. The van der Waals surface area contributed by atoms with Crippen LogP contribution >= 0.6 is 0 Å². The highest BCUT2D eigenvalue weighted by molar-refractivity contribution is 5.98. The van der Waals surface area contributed by atoms with Gasteiger partial charge in [0.05, 0.1) is 31.5 Å². The normalized spacial score (nSPS) is 24.7. The van der Waals surface area contributed by atoms with Crippen LogP contribution in [0.15, 0.2) is 24.3 Å². The third-order valence-electron chi connectivity index (χ3n) is 4.08. The number of nitrogens with two attached hydrogens (primary N) is 1. The Hall–Kier alpha value is -2.12. The molecule has 1 aromatic carbocycles. The number of carbonyl (C=O) groups is 2. The lowest BCUT2D eigenvalue weighted by atomic mass is 10.1. The van der Waals surface area contributed by atoms with Gasteiger partial charge in [-0.2, -0.15) is 0 Å². The van der Waals surface area contributed by atoms with Crippen LogP contribution in [-0.4, -0.2) is 61.7 Å². The number of benzene rings is 1. The van der Waals surface area contributed by atoms with Crippen LogP contribution < -0.4 is 15.4 Å². The van der Waals surface area contributed by atoms with E-state index in [1.165, 1.54) is 0 Å². The van der Waals surface area contributed by atoms with Crippen molar-refractivity contribution in [3.05, 3.63) is 24.3 Å². The Morgan fingerprint density at radius 2 is 2.09 bits per heavy atom. The maximum absolute atomic E-state index is 12.7. The zero-order valence-corrected chi connectivity index (χ0v) is 13.1. The van der Waals surface area contributed by atoms with Gasteiger partial charge in [-0.3, -0.25) is 14.5 Å². The van der Waals surface area contributed by atoms with Crippen molar-refractivity contribution in [1.82, 2.24) is 4.90 Å². The number of carbonyl (C=O) groups excluding carboxylic acids is 2. The molecule has 1 aromatic rings. The number of ether oxygens (including phenoxy) is 2. The van der Waals surface area contributed by atoms with Crippen LogP contribution in [0, 0.1) is 0 Å². The number of primary amides is 1. The molecule has 0 saturated carbocycles. The molecule has 2 unspecified atom stereocenters. The highest BCUT2D eigenvalue weighted by Gasteiger charge is 2.33. The fourth-order valence-corrected chi connectivity index (χ4v) is 2.93. The van der Waals surface area contributed by atoms with Crippen molar-refractivity contribution in [2.24, 2.45) is 5.73 Å². The minimum Gasteiger partial charge on any atom is -0.477 e. The van der Waals surface area contributed by atoms with Crippen LogP contribution in [0.1, 0.15) is 6.92 Å². The van der Waals surface area contributed by atoms with E-state index in [9.17, 15) is 9.59 Å². The van der Waals surface area contributed by atoms with Gasteiger partial charge in [0.2, 0.25) is 5.91 Å². The fourth-order valence-electron chi connectivity index (χ4n) is 2.93. The summed E-state index contributed by atoms with van der Waals surface area (Å²) < 4.78 is 11.1. The van der Waals surface area contributed by atoms with Gasteiger partial charge in [-0.05, 0) is 19.1 Å². The first-order chi connectivity index (χ1) is 11.0. The Balaban J connectivity index is 1.77. The average Bonchev–Trinajstić information content (AvgIpc) is 2.53. The van der Waals surface area contributed by atoms with E-state index in [1.807, 2.05) is 19.1 Å². The number of amides is 2. The molecule has 0 aromatic heterocycles.